The van der Waals surface area contributed by atoms with Crippen LogP contribution < -0.4 is 0 Å². The van der Waals surface area contributed by atoms with Gasteiger partial charge < -0.3 is 0 Å². The maximum absolute atomic E-state index is 8.70. The van der Waals surface area contributed by atoms with Gasteiger partial charge in [-0.15, -0.1) is 21.5 Å². The summed E-state index contributed by atoms with van der Waals surface area (Å²) in [6.07, 6.45) is 0.511. The number of nitrogens with zero attached hydrogens (tertiary/aromatic N) is 4. The van der Waals surface area contributed by atoms with Crippen molar-refractivity contribution in [2.45, 2.75) is 18.1 Å². The summed E-state index contributed by atoms with van der Waals surface area (Å²) < 4.78 is 2.13. The standard InChI is InChI=1S/C16H14N4S2/c17-9-5-11-22-16-19-18-15(14-8-4-10-21-14)20(16)12-13-6-2-1-3-7-13/h1-4,6-8,10H,5,11-12H2. The van der Waals surface area contributed by atoms with Crippen LogP contribution in [0.4, 0.5) is 0 Å². The van der Waals surface area contributed by atoms with Gasteiger partial charge in [0.15, 0.2) is 11.0 Å². The second kappa shape index (κ2) is 7.25. The van der Waals surface area contributed by atoms with E-state index in [1.807, 2.05) is 29.6 Å². The number of aromatic nitrogens is 3. The molecule has 2 heterocycles. The molecule has 3 rings (SSSR count). The van der Waals surface area contributed by atoms with Crippen LogP contribution in [0.1, 0.15) is 12.0 Å². The fraction of sp³-hybridized carbons (Fsp3) is 0.188. The van der Waals surface area contributed by atoms with Gasteiger partial charge in [-0.05, 0) is 17.0 Å². The second-order valence-electron chi connectivity index (χ2n) is 4.61. The maximum atomic E-state index is 8.70. The van der Waals surface area contributed by atoms with E-state index in [9.17, 15) is 0 Å². The van der Waals surface area contributed by atoms with Crippen LogP contribution in [-0.2, 0) is 6.54 Å². The van der Waals surface area contributed by atoms with Crippen molar-refractivity contribution in [3.05, 3.63) is 53.4 Å². The van der Waals surface area contributed by atoms with E-state index in [1.165, 1.54) is 5.56 Å². The average Bonchev–Trinajstić information content (AvgIpc) is 3.19. The molecule has 0 radical (unpaired) electrons. The molecular weight excluding hydrogens is 312 g/mol. The van der Waals surface area contributed by atoms with Gasteiger partial charge in [-0.25, -0.2) is 0 Å². The molecule has 6 heteroatoms. The van der Waals surface area contributed by atoms with Crippen LogP contribution in [0.15, 0.2) is 53.0 Å². The molecule has 0 unspecified atom stereocenters. The lowest BCUT2D eigenvalue weighted by Crippen LogP contribution is -2.03. The van der Waals surface area contributed by atoms with Crippen molar-refractivity contribution in [1.82, 2.24) is 14.8 Å². The third-order valence-electron chi connectivity index (χ3n) is 3.09. The normalized spacial score (nSPS) is 10.5. The molecule has 22 heavy (non-hydrogen) atoms. The number of benzene rings is 1. The van der Waals surface area contributed by atoms with E-state index >= 15 is 0 Å². The highest BCUT2D eigenvalue weighted by molar-refractivity contribution is 7.99. The number of hydrogen-bond donors (Lipinski definition) is 0. The van der Waals surface area contributed by atoms with Crippen LogP contribution in [0.25, 0.3) is 10.7 Å². The first-order valence-corrected chi connectivity index (χ1v) is 8.76. The minimum atomic E-state index is 0.511. The summed E-state index contributed by atoms with van der Waals surface area (Å²) in [4.78, 5) is 1.11. The van der Waals surface area contributed by atoms with Gasteiger partial charge in [-0.3, -0.25) is 4.57 Å². The SMILES string of the molecule is N#CCCSc1nnc(-c2cccs2)n1Cc1ccccc1. The topological polar surface area (TPSA) is 54.5 Å². The van der Waals surface area contributed by atoms with Crippen molar-refractivity contribution in [2.75, 3.05) is 5.75 Å². The molecule has 0 saturated carbocycles. The molecule has 2 aromatic heterocycles. The van der Waals surface area contributed by atoms with Gasteiger partial charge in [0.25, 0.3) is 0 Å². The quantitative estimate of drug-likeness (QED) is 0.506. The van der Waals surface area contributed by atoms with Crippen LogP contribution in [0.3, 0.4) is 0 Å². The number of thiophene rings is 1. The van der Waals surface area contributed by atoms with E-state index in [1.54, 1.807) is 23.1 Å². The molecule has 3 aromatic rings. The zero-order valence-corrected chi connectivity index (χ0v) is 13.5. The molecule has 4 nitrogen and oxygen atoms in total. The fourth-order valence-corrected chi connectivity index (χ4v) is 3.58. The predicted molar refractivity (Wildman–Crippen MR) is 89.8 cm³/mol. The molecule has 0 atom stereocenters. The van der Waals surface area contributed by atoms with Crippen LogP contribution in [0.2, 0.25) is 0 Å². The third kappa shape index (κ3) is 3.38. The van der Waals surface area contributed by atoms with E-state index in [0.29, 0.717) is 6.42 Å². The van der Waals surface area contributed by atoms with E-state index < -0.39 is 0 Å². The van der Waals surface area contributed by atoms with E-state index in [-0.39, 0.29) is 0 Å². The van der Waals surface area contributed by atoms with Crippen LogP contribution in [-0.4, -0.2) is 20.5 Å². The van der Waals surface area contributed by atoms with Crippen molar-refractivity contribution in [1.29, 1.82) is 5.26 Å². The lowest BCUT2D eigenvalue weighted by molar-refractivity contribution is 0.715. The lowest BCUT2D eigenvalue weighted by Gasteiger charge is -2.09. The maximum Gasteiger partial charge on any atom is 0.191 e. The highest BCUT2D eigenvalue weighted by Gasteiger charge is 2.15. The molecule has 110 valence electrons. The molecule has 0 aliphatic rings. The fourth-order valence-electron chi connectivity index (χ4n) is 2.08. The molecule has 0 fully saturated rings. The monoisotopic (exact) mass is 326 g/mol. The molecule has 1 aromatic carbocycles. The molecule has 0 bridgehead atoms. The highest BCUT2D eigenvalue weighted by atomic mass is 32.2. The number of thioether (sulfide) groups is 1. The minimum absolute atomic E-state index is 0.511. The summed E-state index contributed by atoms with van der Waals surface area (Å²) >= 11 is 3.24. The number of hydrogen-bond acceptors (Lipinski definition) is 5. The lowest BCUT2D eigenvalue weighted by atomic mass is 10.2. The molecule has 0 N–H and O–H groups in total. The Hall–Kier alpha value is -2.10. The van der Waals surface area contributed by atoms with Crippen molar-refractivity contribution < 1.29 is 0 Å². The van der Waals surface area contributed by atoms with Crippen LogP contribution >= 0.6 is 23.1 Å². The Kier molecular flexibility index (Phi) is 4.88. The second-order valence-corrected chi connectivity index (χ2v) is 6.62. The molecule has 0 aliphatic carbocycles. The van der Waals surface area contributed by atoms with Gasteiger partial charge in [-0.1, -0.05) is 48.2 Å². The Labute approximate surface area is 137 Å². The Balaban J connectivity index is 1.92. The molecule has 0 spiro atoms. The summed E-state index contributed by atoms with van der Waals surface area (Å²) in [6, 6.07) is 16.5. The first-order valence-electron chi connectivity index (χ1n) is 6.89. The number of rotatable bonds is 6. The summed E-state index contributed by atoms with van der Waals surface area (Å²) in [6.45, 7) is 0.732. The Morgan fingerprint density at radius 2 is 2.00 bits per heavy atom. The molecule has 0 amide bonds. The molecular formula is C16H14N4S2. The Morgan fingerprint density at radius 1 is 1.14 bits per heavy atom. The highest BCUT2D eigenvalue weighted by Crippen LogP contribution is 2.28. The Morgan fingerprint density at radius 3 is 2.73 bits per heavy atom. The van der Waals surface area contributed by atoms with Gasteiger partial charge in [0, 0.05) is 12.2 Å². The van der Waals surface area contributed by atoms with E-state index in [4.69, 9.17) is 5.26 Å². The van der Waals surface area contributed by atoms with Gasteiger partial charge in [-0.2, -0.15) is 5.26 Å². The first kappa shape index (κ1) is 14.8. The summed E-state index contributed by atoms with van der Waals surface area (Å²) in [7, 11) is 0. The zero-order valence-electron chi connectivity index (χ0n) is 11.8. The first-order chi connectivity index (χ1) is 10.9. The summed E-state index contributed by atoms with van der Waals surface area (Å²) in [5, 5.41) is 20.3. The van der Waals surface area contributed by atoms with Crippen molar-refractivity contribution in [2.24, 2.45) is 0 Å². The van der Waals surface area contributed by atoms with Crippen LogP contribution in [0.5, 0.6) is 0 Å². The average molecular weight is 326 g/mol. The van der Waals surface area contributed by atoms with Crippen LogP contribution in [0, 0.1) is 11.3 Å². The van der Waals surface area contributed by atoms with Gasteiger partial charge in [0.2, 0.25) is 0 Å². The zero-order chi connectivity index (χ0) is 15.2. The molecule has 0 saturated heterocycles. The van der Waals surface area contributed by atoms with Gasteiger partial charge >= 0.3 is 0 Å². The third-order valence-corrected chi connectivity index (χ3v) is 4.92. The summed E-state index contributed by atoms with van der Waals surface area (Å²) in [5.74, 6) is 1.62. The van der Waals surface area contributed by atoms with Crippen molar-refractivity contribution in [3.8, 4) is 16.8 Å². The van der Waals surface area contributed by atoms with Gasteiger partial charge in [0.05, 0.1) is 17.5 Å². The van der Waals surface area contributed by atoms with Crippen molar-refractivity contribution in [3.63, 3.8) is 0 Å². The number of nitriles is 1. The Bertz CT molecular complexity index is 757. The van der Waals surface area contributed by atoms with Crippen molar-refractivity contribution >= 4 is 23.1 Å². The minimum Gasteiger partial charge on any atom is -0.297 e. The van der Waals surface area contributed by atoms with E-state index in [0.717, 1.165) is 28.2 Å². The van der Waals surface area contributed by atoms with Gasteiger partial charge in [0.1, 0.15) is 0 Å². The largest absolute Gasteiger partial charge is 0.297 e. The summed E-state index contributed by atoms with van der Waals surface area (Å²) in [5.41, 5.74) is 1.21. The predicted octanol–water partition coefficient (Wildman–Crippen LogP) is 4.06. The smallest absolute Gasteiger partial charge is 0.191 e. The molecule has 0 aliphatic heterocycles. The van der Waals surface area contributed by atoms with E-state index in [2.05, 4.69) is 39.0 Å².